The lowest BCUT2D eigenvalue weighted by Crippen LogP contribution is -2.36. The van der Waals surface area contributed by atoms with Crippen molar-refractivity contribution in [1.82, 2.24) is 4.31 Å². The van der Waals surface area contributed by atoms with Crippen LogP contribution in [0.25, 0.3) is 0 Å². The van der Waals surface area contributed by atoms with Crippen LogP contribution in [0.3, 0.4) is 0 Å². The van der Waals surface area contributed by atoms with Gasteiger partial charge in [0.15, 0.2) is 0 Å². The summed E-state index contributed by atoms with van der Waals surface area (Å²) in [6, 6.07) is 7.20. The maximum Gasteiger partial charge on any atom is 0.301 e. The van der Waals surface area contributed by atoms with Gasteiger partial charge in [0, 0.05) is 19.6 Å². The van der Waals surface area contributed by atoms with E-state index in [1.165, 1.54) is 4.31 Å². The van der Waals surface area contributed by atoms with Gasteiger partial charge in [0.1, 0.15) is 0 Å². The molecule has 1 aromatic carbocycles. The Morgan fingerprint density at radius 3 is 2.47 bits per heavy atom. The summed E-state index contributed by atoms with van der Waals surface area (Å²) in [6.45, 7) is 1.61. The van der Waals surface area contributed by atoms with Crippen LogP contribution >= 0.6 is 0 Å². The molecule has 5 nitrogen and oxygen atoms in total. The SMILES string of the molecule is NCc1cccc(NS(=O)(=O)N2CCCCCC2)c1. The van der Waals surface area contributed by atoms with Gasteiger partial charge in [-0.2, -0.15) is 12.7 Å². The zero-order valence-electron chi connectivity index (χ0n) is 11.0. The summed E-state index contributed by atoms with van der Waals surface area (Å²) in [5.74, 6) is 0. The summed E-state index contributed by atoms with van der Waals surface area (Å²) in [5.41, 5.74) is 7.05. The lowest BCUT2D eigenvalue weighted by Gasteiger charge is -2.20. The van der Waals surface area contributed by atoms with E-state index >= 15 is 0 Å². The van der Waals surface area contributed by atoms with Gasteiger partial charge in [-0.05, 0) is 30.5 Å². The van der Waals surface area contributed by atoms with Gasteiger partial charge in [0.2, 0.25) is 0 Å². The molecule has 0 unspecified atom stereocenters. The number of nitrogens with two attached hydrogens (primary N) is 1. The molecule has 106 valence electrons. The highest BCUT2D eigenvalue weighted by Crippen LogP contribution is 2.17. The lowest BCUT2D eigenvalue weighted by molar-refractivity contribution is 0.427. The smallest absolute Gasteiger partial charge is 0.301 e. The summed E-state index contributed by atoms with van der Waals surface area (Å²) in [6.07, 6.45) is 4.08. The highest BCUT2D eigenvalue weighted by molar-refractivity contribution is 7.90. The molecule has 6 heteroatoms. The highest BCUT2D eigenvalue weighted by atomic mass is 32.2. The molecule has 0 aliphatic carbocycles. The van der Waals surface area contributed by atoms with Crippen molar-refractivity contribution in [1.29, 1.82) is 0 Å². The van der Waals surface area contributed by atoms with Gasteiger partial charge < -0.3 is 5.73 Å². The van der Waals surface area contributed by atoms with Crippen molar-refractivity contribution in [3.8, 4) is 0 Å². The van der Waals surface area contributed by atoms with E-state index in [-0.39, 0.29) is 0 Å². The third kappa shape index (κ3) is 3.92. The van der Waals surface area contributed by atoms with Gasteiger partial charge in [-0.25, -0.2) is 0 Å². The zero-order valence-corrected chi connectivity index (χ0v) is 11.8. The Morgan fingerprint density at radius 2 is 1.84 bits per heavy atom. The van der Waals surface area contributed by atoms with Crippen molar-refractivity contribution in [2.24, 2.45) is 5.73 Å². The molecule has 2 rings (SSSR count). The van der Waals surface area contributed by atoms with Gasteiger partial charge in [-0.3, -0.25) is 4.72 Å². The van der Waals surface area contributed by atoms with Gasteiger partial charge in [-0.15, -0.1) is 0 Å². The minimum absolute atomic E-state index is 0.402. The van der Waals surface area contributed by atoms with Crippen LogP contribution in [0.15, 0.2) is 24.3 Å². The van der Waals surface area contributed by atoms with E-state index < -0.39 is 10.2 Å². The highest BCUT2D eigenvalue weighted by Gasteiger charge is 2.22. The predicted octanol–water partition coefficient (Wildman–Crippen LogP) is 1.68. The molecule has 1 aromatic rings. The Bertz CT molecular complexity index is 508. The standard InChI is InChI=1S/C13H21N3O2S/c14-11-12-6-5-7-13(10-12)15-19(17,18)16-8-3-1-2-4-9-16/h5-7,10,15H,1-4,8-9,11,14H2. The first-order valence-corrected chi connectivity index (χ1v) is 8.13. The number of nitrogens with zero attached hydrogens (tertiary/aromatic N) is 1. The normalized spacial score (nSPS) is 17.9. The van der Waals surface area contributed by atoms with Gasteiger partial charge in [0.25, 0.3) is 0 Å². The first kappa shape index (κ1) is 14.3. The molecule has 0 atom stereocenters. The summed E-state index contributed by atoms with van der Waals surface area (Å²) in [5, 5.41) is 0. The number of hydrogen-bond donors (Lipinski definition) is 2. The molecule has 0 amide bonds. The lowest BCUT2D eigenvalue weighted by atomic mass is 10.2. The van der Waals surface area contributed by atoms with Crippen molar-refractivity contribution in [2.45, 2.75) is 32.2 Å². The van der Waals surface area contributed by atoms with Crippen LogP contribution in [0.4, 0.5) is 5.69 Å². The van der Waals surface area contributed by atoms with E-state index in [9.17, 15) is 8.42 Å². The van der Waals surface area contributed by atoms with Crippen molar-refractivity contribution in [2.75, 3.05) is 17.8 Å². The number of rotatable bonds is 4. The largest absolute Gasteiger partial charge is 0.326 e. The topological polar surface area (TPSA) is 75.4 Å². The molecule has 1 aliphatic rings. The molecular formula is C13H21N3O2S. The third-order valence-electron chi connectivity index (χ3n) is 3.31. The van der Waals surface area contributed by atoms with Gasteiger partial charge in [0.05, 0.1) is 5.69 Å². The molecule has 1 saturated heterocycles. The van der Waals surface area contributed by atoms with Crippen molar-refractivity contribution >= 4 is 15.9 Å². The molecule has 3 N–H and O–H groups in total. The minimum Gasteiger partial charge on any atom is -0.326 e. The average Bonchev–Trinajstić information content (AvgIpc) is 2.68. The molecule has 0 bridgehead atoms. The van der Waals surface area contributed by atoms with Crippen molar-refractivity contribution in [3.05, 3.63) is 29.8 Å². The molecule has 19 heavy (non-hydrogen) atoms. The third-order valence-corrected chi connectivity index (χ3v) is 4.85. The quantitative estimate of drug-likeness (QED) is 0.882. The molecular weight excluding hydrogens is 262 g/mol. The Morgan fingerprint density at radius 1 is 1.16 bits per heavy atom. The number of benzene rings is 1. The predicted molar refractivity (Wildman–Crippen MR) is 76.9 cm³/mol. The van der Waals surface area contributed by atoms with Crippen LogP contribution in [0.2, 0.25) is 0 Å². The van der Waals surface area contributed by atoms with Crippen LogP contribution in [-0.4, -0.2) is 25.8 Å². The minimum atomic E-state index is -3.44. The van der Waals surface area contributed by atoms with Crippen LogP contribution < -0.4 is 10.5 Å². The van der Waals surface area contributed by atoms with Gasteiger partial charge >= 0.3 is 10.2 Å². The summed E-state index contributed by atoms with van der Waals surface area (Å²) >= 11 is 0. The monoisotopic (exact) mass is 283 g/mol. The maximum absolute atomic E-state index is 12.3. The summed E-state index contributed by atoms with van der Waals surface area (Å²) in [4.78, 5) is 0. The maximum atomic E-state index is 12.3. The van der Waals surface area contributed by atoms with Crippen LogP contribution in [0, 0.1) is 0 Å². The summed E-state index contributed by atoms with van der Waals surface area (Å²) in [7, 11) is -3.44. The van der Waals surface area contributed by atoms with Crippen LogP contribution in [0.5, 0.6) is 0 Å². The van der Waals surface area contributed by atoms with Gasteiger partial charge in [-0.1, -0.05) is 25.0 Å². The van der Waals surface area contributed by atoms with E-state index in [1.807, 2.05) is 12.1 Å². The molecule has 0 spiro atoms. The molecule has 0 aromatic heterocycles. The van der Waals surface area contributed by atoms with Crippen molar-refractivity contribution < 1.29 is 8.42 Å². The Hall–Kier alpha value is -1.11. The number of hydrogen-bond acceptors (Lipinski definition) is 3. The second kappa shape index (κ2) is 6.36. The molecule has 1 heterocycles. The van der Waals surface area contributed by atoms with E-state index in [1.54, 1.807) is 12.1 Å². The Balaban J connectivity index is 2.10. The number of anilines is 1. The van der Waals surface area contributed by atoms with Crippen LogP contribution in [0.1, 0.15) is 31.2 Å². The second-order valence-corrected chi connectivity index (χ2v) is 6.50. The van der Waals surface area contributed by atoms with Crippen LogP contribution in [-0.2, 0) is 16.8 Å². The van der Waals surface area contributed by atoms with E-state index in [4.69, 9.17) is 5.73 Å². The fourth-order valence-electron chi connectivity index (χ4n) is 2.26. The van der Waals surface area contributed by atoms with E-state index in [0.717, 1.165) is 31.2 Å². The molecule has 1 aliphatic heterocycles. The first-order valence-electron chi connectivity index (χ1n) is 6.69. The zero-order chi connectivity index (χ0) is 13.7. The Kier molecular flexibility index (Phi) is 4.79. The molecule has 1 fully saturated rings. The molecule has 0 radical (unpaired) electrons. The molecule has 0 saturated carbocycles. The number of nitrogens with one attached hydrogen (secondary N) is 1. The average molecular weight is 283 g/mol. The van der Waals surface area contributed by atoms with E-state index in [2.05, 4.69) is 4.72 Å². The fourth-order valence-corrected chi connectivity index (χ4v) is 3.55. The summed E-state index contributed by atoms with van der Waals surface area (Å²) < 4.78 is 28.8. The first-order chi connectivity index (χ1) is 9.12. The van der Waals surface area contributed by atoms with Crippen molar-refractivity contribution in [3.63, 3.8) is 0 Å². The van der Waals surface area contributed by atoms with E-state index in [0.29, 0.717) is 25.3 Å². The fraction of sp³-hybridized carbons (Fsp3) is 0.538. The second-order valence-electron chi connectivity index (χ2n) is 4.82. The Labute approximate surface area is 115 Å².